The molecule has 2 N–H and O–H groups in total. The summed E-state index contributed by atoms with van der Waals surface area (Å²) in [6.07, 6.45) is 5.98. The number of hydrogen-bond acceptors (Lipinski definition) is 4. The highest BCUT2D eigenvalue weighted by molar-refractivity contribution is 5.50. The Labute approximate surface area is 127 Å². The smallest absolute Gasteiger partial charge is 0.124 e. The molecule has 0 atom stereocenters. The Hall–Kier alpha value is -1.26. The van der Waals surface area contributed by atoms with Gasteiger partial charge in [-0.1, -0.05) is 19.3 Å². The van der Waals surface area contributed by atoms with Crippen molar-refractivity contribution < 1.29 is 14.2 Å². The third-order valence-corrected chi connectivity index (χ3v) is 4.68. The largest absolute Gasteiger partial charge is 0.496 e. The fourth-order valence-corrected chi connectivity index (χ4v) is 3.46. The van der Waals surface area contributed by atoms with E-state index in [2.05, 4.69) is 6.07 Å². The molecule has 1 aliphatic rings. The van der Waals surface area contributed by atoms with E-state index in [1.807, 2.05) is 6.07 Å². The lowest BCUT2D eigenvalue weighted by Gasteiger charge is -2.38. The van der Waals surface area contributed by atoms with E-state index in [1.165, 1.54) is 24.8 Å². The van der Waals surface area contributed by atoms with Crippen LogP contribution < -0.4 is 15.2 Å². The van der Waals surface area contributed by atoms with Gasteiger partial charge in [-0.15, -0.1) is 0 Å². The number of methoxy groups -OCH3 is 3. The molecule has 2 rings (SSSR count). The van der Waals surface area contributed by atoms with Gasteiger partial charge in [0.1, 0.15) is 11.5 Å². The molecule has 4 nitrogen and oxygen atoms in total. The summed E-state index contributed by atoms with van der Waals surface area (Å²) in [6.45, 7) is 1.16. The van der Waals surface area contributed by atoms with Crippen LogP contribution in [0.2, 0.25) is 0 Å². The van der Waals surface area contributed by atoms with Crippen molar-refractivity contribution in [2.45, 2.75) is 44.1 Å². The Morgan fingerprint density at radius 1 is 1.00 bits per heavy atom. The van der Waals surface area contributed by atoms with Crippen LogP contribution in [0.25, 0.3) is 0 Å². The number of hydrogen-bond donors (Lipinski definition) is 1. The molecule has 0 bridgehead atoms. The molecule has 21 heavy (non-hydrogen) atoms. The first-order valence-electron chi connectivity index (χ1n) is 7.65. The van der Waals surface area contributed by atoms with Gasteiger partial charge in [0.2, 0.25) is 0 Å². The van der Waals surface area contributed by atoms with Gasteiger partial charge in [-0.2, -0.15) is 0 Å². The van der Waals surface area contributed by atoms with E-state index >= 15 is 0 Å². The van der Waals surface area contributed by atoms with Crippen LogP contribution in [0.3, 0.4) is 0 Å². The summed E-state index contributed by atoms with van der Waals surface area (Å²) in [5.41, 5.74) is 8.36. The minimum atomic E-state index is 0.0163. The van der Waals surface area contributed by atoms with Crippen LogP contribution in [0.1, 0.15) is 43.2 Å². The zero-order valence-corrected chi connectivity index (χ0v) is 13.4. The zero-order chi connectivity index (χ0) is 15.3. The average molecular weight is 293 g/mol. The Morgan fingerprint density at radius 2 is 1.67 bits per heavy atom. The van der Waals surface area contributed by atoms with Crippen molar-refractivity contribution in [2.24, 2.45) is 5.73 Å². The third-order valence-electron chi connectivity index (χ3n) is 4.68. The van der Waals surface area contributed by atoms with Crippen LogP contribution in [0.5, 0.6) is 11.5 Å². The van der Waals surface area contributed by atoms with Crippen LogP contribution in [-0.2, 0) is 16.8 Å². The first-order chi connectivity index (χ1) is 10.2. The standard InChI is InChI=1S/C17H27NO3/c1-19-11-13-9-16(21-3)14(10-15(13)20-2)17(12-18)7-5-4-6-8-17/h9-10H,4-8,11-12,18H2,1-3H3. The minimum Gasteiger partial charge on any atom is -0.496 e. The maximum Gasteiger partial charge on any atom is 0.124 e. The summed E-state index contributed by atoms with van der Waals surface area (Å²) < 4.78 is 16.4. The average Bonchev–Trinajstić information content (AvgIpc) is 2.55. The maximum absolute atomic E-state index is 6.16. The number of benzene rings is 1. The molecular weight excluding hydrogens is 266 g/mol. The fourth-order valence-electron chi connectivity index (χ4n) is 3.46. The second kappa shape index (κ2) is 7.14. The molecule has 118 valence electrons. The van der Waals surface area contributed by atoms with Gasteiger partial charge in [0.25, 0.3) is 0 Å². The van der Waals surface area contributed by atoms with E-state index in [1.54, 1.807) is 21.3 Å². The Bertz CT molecular complexity index is 467. The van der Waals surface area contributed by atoms with Gasteiger partial charge >= 0.3 is 0 Å². The molecule has 1 aliphatic carbocycles. The van der Waals surface area contributed by atoms with Gasteiger partial charge in [0, 0.05) is 30.2 Å². The summed E-state index contributed by atoms with van der Waals surface area (Å²) in [6, 6.07) is 4.13. The van der Waals surface area contributed by atoms with Gasteiger partial charge in [0.05, 0.1) is 20.8 Å². The van der Waals surface area contributed by atoms with Crippen molar-refractivity contribution in [3.05, 3.63) is 23.3 Å². The monoisotopic (exact) mass is 293 g/mol. The minimum absolute atomic E-state index is 0.0163. The lowest BCUT2D eigenvalue weighted by molar-refractivity contribution is 0.181. The lowest BCUT2D eigenvalue weighted by atomic mass is 9.69. The van der Waals surface area contributed by atoms with E-state index in [0.29, 0.717) is 13.2 Å². The first-order valence-corrected chi connectivity index (χ1v) is 7.65. The molecule has 0 saturated heterocycles. The summed E-state index contributed by atoms with van der Waals surface area (Å²) in [5, 5.41) is 0. The van der Waals surface area contributed by atoms with Crippen LogP contribution in [0, 0.1) is 0 Å². The predicted octanol–water partition coefficient (Wildman–Crippen LogP) is 3.01. The third kappa shape index (κ3) is 3.16. The van der Waals surface area contributed by atoms with Crippen molar-refractivity contribution in [2.75, 3.05) is 27.9 Å². The topological polar surface area (TPSA) is 53.7 Å². The highest BCUT2D eigenvalue weighted by Gasteiger charge is 2.35. The van der Waals surface area contributed by atoms with Crippen molar-refractivity contribution in [1.29, 1.82) is 0 Å². The van der Waals surface area contributed by atoms with Crippen molar-refractivity contribution in [1.82, 2.24) is 0 Å². The molecular formula is C17H27NO3. The van der Waals surface area contributed by atoms with Crippen LogP contribution in [-0.4, -0.2) is 27.9 Å². The Morgan fingerprint density at radius 3 is 2.19 bits per heavy atom. The number of ether oxygens (including phenoxy) is 3. The predicted molar refractivity (Wildman–Crippen MR) is 84.1 cm³/mol. The van der Waals surface area contributed by atoms with Crippen molar-refractivity contribution in [3.63, 3.8) is 0 Å². The van der Waals surface area contributed by atoms with E-state index < -0.39 is 0 Å². The van der Waals surface area contributed by atoms with Gasteiger partial charge in [-0.3, -0.25) is 0 Å². The summed E-state index contributed by atoms with van der Waals surface area (Å²) >= 11 is 0. The molecule has 0 aromatic heterocycles. The molecule has 4 heteroatoms. The van der Waals surface area contributed by atoms with Gasteiger partial charge in [-0.05, 0) is 25.0 Å². The quantitative estimate of drug-likeness (QED) is 0.876. The summed E-state index contributed by atoms with van der Waals surface area (Å²) in [5.74, 6) is 1.75. The second-order valence-electron chi connectivity index (χ2n) is 5.84. The van der Waals surface area contributed by atoms with Gasteiger partial charge in [-0.25, -0.2) is 0 Å². The van der Waals surface area contributed by atoms with Crippen LogP contribution in [0.15, 0.2) is 12.1 Å². The Kier molecular flexibility index (Phi) is 5.48. The Balaban J connectivity index is 2.50. The first kappa shape index (κ1) is 16.1. The molecule has 1 fully saturated rings. The van der Waals surface area contributed by atoms with Crippen molar-refractivity contribution in [3.8, 4) is 11.5 Å². The van der Waals surface area contributed by atoms with Crippen LogP contribution >= 0.6 is 0 Å². The molecule has 0 radical (unpaired) electrons. The second-order valence-corrected chi connectivity index (χ2v) is 5.84. The van der Waals surface area contributed by atoms with Gasteiger partial charge in [0.15, 0.2) is 0 Å². The molecule has 1 aromatic carbocycles. The molecule has 1 aromatic rings. The molecule has 1 saturated carbocycles. The van der Waals surface area contributed by atoms with E-state index in [-0.39, 0.29) is 5.41 Å². The van der Waals surface area contributed by atoms with E-state index in [4.69, 9.17) is 19.9 Å². The van der Waals surface area contributed by atoms with E-state index in [9.17, 15) is 0 Å². The molecule has 0 heterocycles. The summed E-state index contributed by atoms with van der Waals surface area (Å²) in [7, 11) is 5.10. The van der Waals surface area contributed by atoms with Gasteiger partial charge < -0.3 is 19.9 Å². The zero-order valence-electron chi connectivity index (χ0n) is 13.4. The van der Waals surface area contributed by atoms with Crippen molar-refractivity contribution >= 4 is 0 Å². The highest BCUT2D eigenvalue weighted by Crippen LogP contribution is 2.44. The maximum atomic E-state index is 6.16. The molecule has 0 amide bonds. The molecule has 0 unspecified atom stereocenters. The van der Waals surface area contributed by atoms with E-state index in [0.717, 1.165) is 29.9 Å². The summed E-state index contributed by atoms with van der Waals surface area (Å²) in [4.78, 5) is 0. The highest BCUT2D eigenvalue weighted by atomic mass is 16.5. The SMILES string of the molecule is COCc1cc(OC)c(C2(CN)CCCCC2)cc1OC. The molecule has 0 aliphatic heterocycles. The normalized spacial score (nSPS) is 17.5. The number of nitrogens with two attached hydrogens (primary N) is 1. The lowest BCUT2D eigenvalue weighted by Crippen LogP contribution is -2.37. The fraction of sp³-hybridized carbons (Fsp3) is 0.647. The van der Waals surface area contributed by atoms with Crippen LogP contribution in [0.4, 0.5) is 0 Å². The number of rotatable bonds is 6. The molecule has 0 spiro atoms.